The smallest absolute Gasteiger partial charge is 0.333 e. The molecule has 14 heavy (non-hydrogen) atoms. The summed E-state index contributed by atoms with van der Waals surface area (Å²) in [7, 11) is 0. The summed E-state index contributed by atoms with van der Waals surface area (Å²) in [4.78, 5) is 10.9. The zero-order chi connectivity index (χ0) is 10.8. The number of rotatable bonds is 8. The van der Waals surface area contributed by atoms with Gasteiger partial charge in [0.25, 0.3) is 0 Å². The predicted octanol–water partition coefficient (Wildman–Crippen LogP) is 3.24. The molecule has 0 radical (unpaired) electrons. The van der Waals surface area contributed by atoms with Crippen LogP contribution >= 0.6 is 0 Å². The molecular formula is C12H20O2. The third-order valence-corrected chi connectivity index (χ3v) is 1.88. The first-order valence-electron chi connectivity index (χ1n) is 5.12. The van der Waals surface area contributed by atoms with Crippen molar-refractivity contribution in [2.45, 2.75) is 39.0 Å². The summed E-state index contributed by atoms with van der Waals surface area (Å²) in [6.07, 6.45) is 7.41. The molecule has 0 aromatic rings. The average molecular weight is 196 g/mol. The maximum atomic E-state index is 10.9. The third kappa shape index (κ3) is 7.59. The van der Waals surface area contributed by atoms with Crippen molar-refractivity contribution in [1.29, 1.82) is 0 Å². The van der Waals surface area contributed by atoms with E-state index in [1.807, 2.05) is 6.08 Å². The molecule has 80 valence electrons. The minimum absolute atomic E-state index is 0.281. The van der Waals surface area contributed by atoms with E-state index in [0.29, 0.717) is 12.2 Å². The first-order valence-corrected chi connectivity index (χ1v) is 5.12. The van der Waals surface area contributed by atoms with Crippen molar-refractivity contribution in [3.8, 4) is 0 Å². The maximum Gasteiger partial charge on any atom is 0.333 e. The lowest BCUT2D eigenvalue weighted by atomic mass is 10.1. The lowest BCUT2D eigenvalue weighted by Gasteiger charge is -2.03. The van der Waals surface area contributed by atoms with Gasteiger partial charge in [0.05, 0.1) is 6.61 Å². The SMILES string of the molecule is C=CCCCCCCOC(=O)C(=C)C. The monoisotopic (exact) mass is 196 g/mol. The van der Waals surface area contributed by atoms with Gasteiger partial charge in [-0.15, -0.1) is 6.58 Å². The van der Waals surface area contributed by atoms with Gasteiger partial charge in [0, 0.05) is 5.57 Å². The van der Waals surface area contributed by atoms with Crippen LogP contribution in [0.15, 0.2) is 24.8 Å². The number of hydrogen-bond donors (Lipinski definition) is 0. The third-order valence-electron chi connectivity index (χ3n) is 1.88. The summed E-state index contributed by atoms with van der Waals surface area (Å²) in [6.45, 7) is 9.34. The number of unbranched alkanes of at least 4 members (excludes halogenated alkanes) is 4. The minimum Gasteiger partial charge on any atom is -0.462 e. The summed E-state index contributed by atoms with van der Waals surface area (Å²) < 4.78 is 4.95. The molecule has 0 aliphatic rings. The Morgan fingerprint density at radius 2 is 1.93 bits per heavy atom. The van der Waals surface area contributed by atoms with Crippen molar-refractivity contribution < 1.29 is 9.53 Å². The molecule has 0 aromatic heterocycles. The molecule has 0 unspecified atom stereocenters. The zero-order valence-electron chi connectivity index (χ0n) is 9.05. The normalized spacial score (nSPS) is 9.50. The Morgan fingerprint density at radius 3 is 2.50 bits per heavy atom. The van der Waals surface area contributed by atoms with E-state index in [2.05, 4.69) is 13.2 Å². The van der Waals surface area contributed by atoms with Crippen molar-refractivity contribution in [2.24, 2.45) is 0 Å². The molecule has 0 spiro atoms. The van der Waals surface area contributed by atoms with Gasteiger partial charge in [0.1, 0.15) is 0 Å². The van der Waals surface area contributed by atoms with Crippen LogP contribution in [0.2, 0.25) is 0 Å². The van der Waals surface area contributed by atoms with Gasteiger partial charge in [-0.05, 0) is 26.2 Å². The summed E-state index contributed by atoms with van der Waals surface area (Å²) in [5.41, 5.74) is 0.469. The van der Waals surface area contributed by atoms with Gasteiger partial charge in [-0.2, -0.15) is 0 Å². The van der Waals surface area contributed by atoms with Gasteiger partial charge < -0.3 is 4.74 Å². The highest BCUT2D eigenvalue weighted by Gasteiger charge is 2.01. The number of allylic oxidation sites excluding steroid dienone is 1. The van der Waals surface area contributed by atoms with Crippen molar-refractivity contribution in [3.63, 3.8) is 0 Å². The molecule has 0 fully saturated rings. The lowest BCUT2D eigenvalue weighted by Crippen LogP contribution is -2.05. The van der Waals surface area contributed by atoms with Crippen LogP contribution in [0.1, 0.15) is 39.0 Å². The second-order valence-electron chi connectivity index (χ2n) is 3.41. The van der Waals surface area contributed by atoms with Crippen LogP contribution in [-0.4, -0.2) is 12.6 Å². The number of carbonyl (C=O) groups is 1. The van der Waals surface area contributed by atoms with Crippen molar-refractivity contribution in [1.82, 2.24) is 0 Å². The quantitative estimate of drug-likeness (QED) is 0.258. The highest BCUT2D eigenvalue weighted by Crippen LogP contribution is 2.04. The summed E-state index contributed by atoms with van der Waals surface area (Å²) in [5.74, 6) is -0.281. The van der Waals surface area contributed by atoms with Crippen LogP contribution in [0.25, 0.3) is 0 Å². The highest BCUT2D eigenvalue weighted by atomic mass is 16.5. The van der Waals surface area contributed by atoms with E-state index in [1.54, 1.807) is 6.92 Å². The van der Waals surface area contributed by atoms with Crippen molar-refractivity contribution in [3.05, 3.63) is 24.8 Å². The van der Waals surface area contributed by atoms with Gasteiger partial charge in [0.15, 0.2) is 0 Å². The van der Waals surface area contributed by atoms with Gasteiger partial charge in [-0.25, -0.2) is 4.79 Å². The van der Waals surface area contributed by atoms with E-state index in [4.69, 9.17) is 4.74 Å². The van der Waals surface area contributed by atoms with Crippen LogP contribution in [0.4, 0.5) is 0 Å². The highest BCUT2D eigenvalue weighted by molar-refractivity contribution is 5.86. The molecule has 0 atom stereocenters. The Balaban J connectivity index is 3.17. The Bertz CT molecular complexity index is 194. The fourth-order valence-corrected chi connectivity index (χ4v) is 1.03. The Kier molecular flexibility index (Phi) is 7.90. The minimum atomic E-state index is -0.281. The Labute approximate surface area is 86.6 Å². The number of esters is 1. The van der Waals surface area contributed by atoms with Crippen LogP contribution in [0.3, 0.4) is 0 Å². The standard InChI is InChI=1S/C12H20O2/c1-4-5-6-7-8-9-10-14-12(13)11(2)3/h4H,1-2,5-10H2,3H3. The topological polar surface area (TPSA) is 26.3 Å². The van der Waals surface area contributed by atoms with E-state index in [9.17, 15) is 4.79 Å². The van der Waals surface area contributed by atoms with Gasteiger partial charge in [-0.1, -0.05) is 25.5 Å². The molecular weight excluding hydrogens is 176 g/mol. The summed E-state index contributed by atoms with van der Waals surface area (Å²) >= 11 is 0. The van der Waals surface area contributed by atoms with E-state index >= 15 is 0 Å². The summed E-state index contributed by atoms with van der Waals surface area (Å²) in [6, 6.07) is 0. The lowest BCUT2D eigenvalue weighted by molar-refractivity contribution is -0.139. The first kappa shape index (κ1) is 12.9. The second kappa shape index (κ2) is 8.54. The van der Waals surface area contributed by atoms with Crippen molar-refractivity contribution >= 4 is 5.97 Å². The molecule has 0 bridgehead atoms. The molecule has 2 heteroatoms. The molecule has 0 saturated carbocycles. The molecule has 0 amide bonds. The molecule has 2 nitrogen and oxygen atoms in total. The van der Waals surface area contributed by atoms with Gasteiger partial charge >= 0.3 is 5.97 Å². The molecule has 0 saturated heterocycles. The maximum absolute atomic E-state index is 10.9. The molecule has 0 aromatic carbocycles. The van der Waals surface area contributed by atoms with E-state index < -0.39 is 0 Å². The molecule has 0 rings (SSSR count). The molecule has 0 heterocycles. The summed E-state index contributed by atoms with van der Waals surface area (Å²) in [5, 5.41) is 0. The van der Waals surface area contributed by atoms with Crippen LogP contribution in [-0.2, 0) is 9.53 Å². The van der Waals surface area contributed by atoms with Crippen molar-refractivity contribution in [2.75, 3.05) is 6.61 Å². The van der Waals surface area contributed by atoms with Crippen LogP contribution in [0.5, 0.6) is 0 Å². The van der Waals surface area contributed by atoms with Gasteiger partial charge in [0.2, 0.25) is 0 Å². The second-order valence-corrected chi connectivity index (χ2v) is 3.41. The number of ether oxygens (including phenoxy) is 1. The largest absolute Gasteiger partial charge is 0.462 e. The zero-order valence-corrected chi connectivity index (χ0v) is 9.05. The van der Waals surface area contributed by atoms with E-state index in [-0.39, 0.29) is 5.97 Å². The molecule has 0 N–H and O–H groups in total. The molecule has 0 aliphatic heterocycles. The fraction of sp³-hybridized carbons (Fsp3) is 0.583. The van der Waals surface area contributed by atoms with E-state index in [0.717, 1.165) is 19.3 Å². The van der Waals surface area contributed by atoms with Crippen LogP contribution in [0, 0.1) is 0 Å². The van der Waals surface area contributed by atoms with Gasteiger partial charge in [-0.3, -0.25) is 0 Å². The first-order chi connectivity index (χ1) is 6.68. The predicted molar refractivity (Wildman–Crippen MR) is 59.1 cm³/mol. The Hall–Kier alpha value is -1.05. The van der Waals surface area contributed by atoms with Crippen LogP contribution < -0.4 is 0 Å². The Morgan fingerprint density at radius 1 is 1.29 bits per heavy atom. The average Bonchev–Trinajstić information content (AvgIpc) is 2.16. The van der Waals surface area contributed by atoms with E-state index in [1.165, 1.54) is 12.8 Å². The fourth-order valence-electron chi connectivity index (χ4n) is 1.03. The molecule has 0 aliphatic carbocycles. The number of carbonyl (C=O) groups excluding carboxylic acids is 1. The number of hydrogen-bond acceptors (Lipinski definition) is 2.